The summed E-state index contributed by atoms with van der Waals surface area (Å²) < 4.78 is 55.2. The molecule has 3 rings (SSSR count). The Morgan fingerprint density at radius 3 is 2.73 bits per heavy atom. The van der Waals surface area contributed by atoms with Crippen LogP contribution >= 0.6 is 0 Å². The smallest absolute Gasteiger partial charge is 0.379 e. The fourth-order valence-corrected chi connectivity index (χ4v) is 3.87. The number of anilines is 2. The SMILES string of the molecule is C=C(c1nc(NCCCC(=O)NC)cc2c(N[C@@H]3CCN(C)C[C@@H]3F)cccc12)C(F)(F)F. The molecule has 0 radical (unpaired) electrons. The molecule has 0 unspecified atom stereocenters. The minimum absolute atomic E-state index is 0.125. The average molecular weight is 468 g/mol. The maximum Gasteiger partial charge on any atom is 0.417 e. The first-order valence-electron chi connectivity index (χ1n) is 10.8. The van der Waals surface area contributed by atoms with Gasteiger partial charge in [0, 0.05) is 49.6 Å². The monoisotopic (exact) mass is 467 g/mol. The minimum Gasteiger partial charge on any atom is -0.379 e. The zero-order valence-corrected chi connectivity index (χ0v) is 18.7. The Bertz CT molecular complexity index is 1010. The van der Waals surface area contributed by atoms with Crippen molar-refractivity contribution < 1.29 is 22.4 Å². The molecule has 33 heavy (non-hydrogen) atoms. The predicted octanol–water partition coefficient (Wildman–Crippen LogP) is 4.20. The molecule has 1 fully saturated rings. The molecule has 6 nitrogen and oxygen atoms in total. The minimum atomic E-state index is -4.65. The van der Waals surface area contributed by atoms with E-state index in [-0.39, 0.29) is 35.8 Å². The largest absolute Gasteiger partial charge is 0.417 e. The van der Waals surface area contributed by atoms with Gasteiger partial charge in [0.15, 0.2) is 0 Å². The van der Waals surface area contributed by atoms with Crippen LogP contribution in [-0.2, 0) is 4.79 Å². The lowest BCUT2D eigenvalue weighted by atomic mass is 10.00. The number of hydrogen-bond donors (Lipinski definition) is 3. The van der Waals surface area contributed by atoms with Gasteiger partial charge in [-0.2, -0.15) is 13.2 Å². The molecule has 1 aliphatic rings. The number of allylic oxidation sites excluding steroid dienone is 1. The second kappa shape index (κ2) is 10.4. The van der Waals surface area contributed by atoms with E-state index >= 15 is 0 Å². The van der Waals surface area contributed by atoms with Gasteiger partial charge in [0.05, 0.1) is 17.3 Å². The molecule has 1 aliphatic heterocycles. The summed E-state index contributed by atoms with van der Waals surface area (Å²) in [6.07, 6.45) is -4.42. The number of pyridine rings is 1. The molecule has 1 aromatic heterocycles. The van der Waals surface area contributed by atoms with Gasteiger partial charge in [-0.05, 0) is 32.0 Å². The summed E-state index contributed by atoms with van der Waals surface area (Å²) in [5.74, 6) is 0.106. The first-order chi connectivity index (χ1) is 15.6. The van der Waals surface area contributed by atoms with Crippen LogP contribution < -0.4 is 16.0 Å². The van der Waals surface area contributed by atoms with Crippen molar-refractivity contribution >= 4 is 33.8 Å². The summed E-state index contributed by atoms with van der Waals surface area (Å²) in [4.78, 5) is 17.5. The van der Waals surface area contributed by atoms with Crippen molar-refractivity contribution in [2.45, 2.75) is 37.7 Å². The van der Waals surface area contributed by atoms with Crippen molar-refractivity contribution in [3.8, 4) is 0 Å². The maximum absolute atomic E-state index is 14.6. The number of carbonyl (C=O) groups is 1. The number of benzene rings is 1. The molecule has 2 atom stereocenters. The van der Waals surface area contributed by atoms with Crippen molar-refractivity contribution in [2.24, 2.45) is 0 Å². The number of piperidine rings is 1. The Hall–Kier alpha value is -2.88. The van der Waals surface area contributed by atoms with E-state index in [4.69, 9.17) is 0 Å². The van der Waals surface area contributed by atoms with Gasteiger partial charge in [0.2, 0.25) is 5.91 Å². The number of nitrogens with one attached hydrogen (secondary N) is 3. The maximum atomic E-state index is 14.6. The van der Waals surface area contributed by atoms with Crippen LogP contribution in [0, 0.1) is 0 Å². The summed E-state index contributed by atoms with van der Waals surface area (Å²) in [6, 6.07) is 6.10. The third-order valence-electron chi connectivity index (χ3n) is 5.75. The fraction of sp³-hybridized carbons (Fsp3) is 0.478. The third kappa shape index (κ3) is 6.13. The Labute approximate surface area is 190 Å². The van der Waals surface area contributed by atoms with Crippen LogP contribution in [0.25, 0.3) is 16.3 Å². The van der Waals surface area contributed by atoms with Crippen LogP contribution in [0.5, 0.6) is 0 Å². The Morgan fingerprint density at radius 2 is 2.06 bits per heavy atom. The van der Waals surface area contributed by atoms with Gasteiger partial charge >= 0.3 is 6.18 Å². The highest BCUT2D eigenvalue weighted by Crippen LogP contribution is 2.38. The lowest BCUT2D eigenvalue weighted by molar-refractivity contribution is -0.120. The molecule has 0 spiro atoms. The molecular formula is C23H29F4N5O. The molecule has 2 aromatic rings. The van der Waals surface area contributed by atoms with E-state index in [0.717, 1.165) is 6.54 Å². The molecule has 3 N–H and O–H groups in total. The van der Waals surface area contributed by atoms with Crippen molar-refractivity contribution in [1.82, 2.24) is 15.2 Å². The number of alkyl halides is 4. The molecule has 1 amide bonds. The second-order valence-corrected chi connectivity index (χ2v) is 8.25. The van der Waals surface area contributed by atoms with E-state index in [0.29, 0.717) is 30.5 Å². The number of aromatic nitrogens is 1. The van der Waals surface area contributed by atoms with Gasteiger partial charge < -0.3 is 20.9 Å². The number of amides is 1. The van der Waals surface area contributed by atoms with E-state index in [1.165, 1.54) is 7.05 Å². The fourth-order valence-electron chi connectivity index (χ4n) is 3.87. The lowest BCUT2D eigenvalue weighted by Gasteiger charge is -2.33. The van der Waals surface area contributed by atoms with Gasteiger partial charge in [-0.25, -0.2) is 9.37 Å². The van der Waals surface area contributed by atoms with Crippen LogP contribution in [0.1, 0.15) is 25.0 Å². The Morgan fingerprint density at radius 1 is 1.30 bits per heavy atom. The topological polar surface area (TPSA) is 69.3 Å². The lowest BCUT2D eigenvalue weighted by Crippen LogP contribution is -2.46. The highest BCUT2D eigenvalue weighted by atomic mass is 19.4. The molecule has 180 valence electrons. The summed E-state index contributed by atoms with van der Waals surface area (Å²) in [7, 11) is 3.39. The molecule has 10 heteroatoms. The molecule has 2 heterocycles. The zero-order chi connectivity index (χ0) is 24.2. The first-order valence-corrected chi connectivity index (χ1v) is 10.8. The summed E-state index contributed by atoms with van der Waals surface area (Å²) in [5.41, 5.74) is -0.796. The molecular weight excluding hydrogens is 438 g/mol. The summed E-state index contributed by atoms with van der Waals surface area (Å²) in [5, 5.41) is 9.49. The van der Waals surface area contributed by atoms with Crippen LogP contribution in [-0.4, -0.2) is 67.9 Å². The Balaban J connectivity index is 1.95. The van der Waals surface area contributed by atoms with Crippen molar-refractivity contribution in [3.63, 3.8) is 0 Å². The van der Waals surface area contributed by atoms with Crippen LogP contribution in [0.2, 0.25) is 0 Å². The van der Waals surface area contributed by atoms with E-state index in [2.05, 4.69) is 27.5 Å². The van der Waals surface area contributed by atoms with E-state index in [9.17, 15) is 22.4 Å². The number of carbonyl (C=O) groups excluding carboxylic acids is 1. The highest BCUT2D eigenvalue weighted by molar-refractivity contribution is 6.01. The van der Waals surface area contributed by atoms with Crippen molar-refractivity contribution in [2.75, 3.05) is 44.4 Å². The number of rotatable bonds is 8. The molecule has 0 saturated carbocycles. The number of nitrogens with zero attached hydrogens (tertiary/aromatic N) is 2. The molecule has 1 aromatic carbocycles. The van der Waals surface area contributed by atoms with E-state index in [1.54, 1.807) is 24.3 Å². The van der Waals surface area contributed by atoms with Gasteiger partial charge in [-0.1, -0.05) is 18.7 Å². The van der Waals surface area contributed by atoms with Crippen molar-refractivity contribution in [1.29, 1.82) is 0 Å². The third-order valence-corrected chi connectivity index (χ3v) is 5.75. The highest BCUT2D eigenvalue weighted by Gasteiger charge is 2.35. The standard InChI is InChI=1S/C23H29F4N5O/c1-14(23(25,26)27)22-15-6-4-7-18(30-19-9-11-32(3)13-17(19)24)16(15)12-20(31-22)29-10-5-8-21(33)28-2/h4,6-7,12,17,19,30H,1,5,8-11,13H2,2-3H3,(H,28,33)(H,29,31)/t17-,19+/m0/s1. The summed E-state index contributed by atoms with van der Waals surface area (Å²) >= 11 is 0. The summed E-state index contributed by atoms with van der Waals surface area (Å²) in [6.45, 7) is 4.59. The quantitative estimate of drug-likeness (QED) is 0.401. The van der Waals surface area contributed by atoms with E-state index in [1.807, 2.05) is 11.9 Å². The van der Waals surface area contributed by atoms with E-state index < -0.39 is 24.0 Å². The number of fused-ring (bicyclic) bond motifs is 1. The van der Waals surface area contributed by atoms with Crippen LogP contribution in [0.4, 0.5) is 29.1 Å². The van der Waals surface area contributed by atoms with Crippen LogP contribution in [0.15, 0.2) is 30.8 Å². The first kappa shape index (κ1) is 24.8. The number of hydrogen-bond acceptors (Lipinski definition) is 5. The van der Waals surface area contributed by atoms with Gasteiger partial charge in [-0.3, -0.25) is 4.79 Å². The predicted molar refractivity (Wildman–Crippen MR) is 123 cm³/mol. The van der Waals surface area contributed by atoms with Crippen molar-refractivity contribution in [3.05, 3.63) is 36.5 Å². The van der Waals surface area contributed by atoms with Gasteiger partial charge in [0.25, 0.3) is 0 Å². The number of halogens is 4. The Kier molecular flexibility index (Phi) is 7.78. The molecule has 0 bridgehead atoms. The molecule has 1 saturated heterocycles. The molecule has 0 aliphatic carbocycles. The van der Waals surface area contributed by atoms with Gasteiger partial charge in [0.1, 0.15) is 12.0 Å². The zero-order valence-electron chi connectivity index (χ0n) is 18.7. The van der Waals surface area contributed by atoms with Gasteiger partial charge in [-0.15, -0.1) is 0 Å². The normalized spacial score (nSPS) is 19.3. The average Bonchev–Trinajstić information content (AvgIpc) is 2.77. The van der Waals surface area contributed by atoms with Crippen LogP contribution in [0.3, 0.4) is 0 Å². The number of likely N-dealkylation sites (tertiary alicyclic amines) is 1. The second-order valence-electron chi connectivity index (χ2n) is 8.25.